The van der Waals surface area contributed by atoms with E-state index >= 15 is 0 Å². The highest BCUT2D eigenvalue weighted by Crippen LogP contribution is 2.32. The standard InChI is InChI=1S/C13H11ClN4O3S/c14-7-3-1-2-4-8(7)17-13(22)18(16-15-17)9-5-10(19)12-20-6-11(9)21-12/h1-4,9,11-12H,5-6H2. The van der Waals surface area contributed by atoms with Gasteiger partial charge in [-0.05, 0) is 34.8 Å². The molecule has 0 aliphatic carbocycles. The maximum absolute atomic E-state index is 11.9. The number of rotatable bonds is 2. The second-order valence-corrected chi connectivity index (χ2v) is 5.92. The molecule has 3 heterocycles. The lowest BCUT2D eigenvalue weighted by atomic mass is 10.0. The van der Waals surface area contributed by atoms with Crippen molar-refractivity contribution in [2.45, 2.75) is 24.9 Å². The highest BCUT2D eigenvalue weighted by molar-refractivity contribution is 7.71. The van der Waals surface area contributed by atoms with Crippen LogP contribution in [0.15, 0.2) is 24.3 Å². The summed E-state index contributed by atoms with van der Waals surface area (Å²) >= 11 is 11.6. The van der Waals surface area contributed by atoms with Gasteiger partial charge in [0.1, 0.15) is 6.10 Å². The number of tetrazole rings is 1. The van der Waals surface area contributed by atoms with E-state index in [9.17, 15) is 4.79 Å². The van der Waals surface area contributed by atoms with E-state index in [1.807, 2.05) is 12.1 Å². The lowest BCUT2D eigenvalue weighted by Gasteiger charge is -2.25. The number of Topliss-reactive ketones (excluding diaryl/α,β-unsaturated/α-hetero) is 1. The molecule has 1 aromatic carbocycles. The van der Waals surface area contributed by atoms with Crippen LogP contribution >= 0.6 is 23.8 Å². The Morgan fingerprint density at radius 2 is 2.14 bits per heavy atom. The number of hydrogen-bond donors (Lipinski definition) is 0. The van der Waals surface area contributed by atoms with Crippen LogP contribution in [0.2, 0.25) is 5.02 Å². The van der Waals surface area contributed by atoms with Gasteiger partial charge < -0.3 is 9.47 Å². The molecule has 9 heteroatoms. The molecule has 7 nitrogen and oxygen atoms in total. The molecule has 2 saturated heterocycles. The zero-order valence-corrected chi connectivity index (χ0v) is 12.8. The maximum Gasteiger partial charge on any atom is 0.221 e. The number of halogens is 1. The number of carbonyl (C=O) groups is 1. The molecule has 22 heavy (non-hydrogen) atoms. The van der Waals surface area contributed by atoms with E-state index in [-0.39, 0.29) is 24.3 Å². The first-order valence-corrected chi connectivity index (χ1v) is 7.53. The molecule has 2 aliphatic rings. The molecule has 114 valence electrons. The number of benzene rings is 1. The fourth-order valence-corrected chi connectivity index (χ4v) is 3.23. The van der Waals surface area contributed by atoms with Crippen LogP contribution < -0.4 is 0 Å². The predicted octanol–water partition coefficient (Wildman–Crippen LogP) is 1.71. The van der Waals surface area contributed by atoms with Crippen molar-refractivity contribution in [2.24, 2.45) is 0 Å². The lowest BCUT2D eigenvalue weighted by Crippen LogP contribution is -2.37. The lowest BCUT2D eigenvalue weighted by molar-refractivity contribution is -0.156. The molecule has 4 rings (SSSR count). The molecule has 3 atom stereocenters. The Morgan fingerprint density at radius 1 is 1.32 bits per heavy atom. The summed E-state index contributed by atoms with van der Waals surface area (Å²) in [6, 6.07) is 6.90. The predicted molar refractivity (Wildman–Crippen MR) is 78.5 cm³/mol. The van der Waals surface area contributed by atoms with Gasteiger partial charge in [0.05, 0.1) is 23.4 Å². The van der Waals surface area contributed by atoms with E-state index in [0.29, 0.717) is 22.1 Å². The van der Waals surface area contributed by atoms with E-state index < -0.39 is 6.29 Å². The van der Waals surface area contributed by atoms with E-state index in [1.165, 1.54) is 9.36 Å². The van der Waals surface area contributed by atoms with Crippen molar-refractivity contribution in [2.75, 3.05) is 6.61 Å². The summed E-state index contributed by atoms with van der Waals surface area (Å²) in [4.78, 5) is 11.9. The number of ketones is 1. The van der Waals surface area contributed by atoms with E-state index in [2.05, 4.69) is 10.4 Å². The van der Waals surface area contributed by atoms with Gasteiger partial charge in [-0.3, -0.25) is 4.79 Å². The molecular weight excluding hydrogens is 328 g/mol. The molecule has 2 fully saturated rings. The van der Waals surface area contributed by atoms with Gasteiger partial charge in [-0.25, -0.2) is 4.68 Å². The zero-order chi connectivity index (χ0) is 15.3. The molecule has 0 amide bonds. The number of nitrogens with zero attached hydrogens (tertiary/aromatic N) is 4. The van der Waals surface area contributed by atoms with E-state index in [1.54, 1.807) is 12.1 Å². The first kappa shape index (κ1) is 14.0. The van der Waals surface area contributed by atoms with Crippen LogP contribution in [0.4, 0.5) is 0 Å². The first-order chi connectivity index (χ1) is 10.6. The van der Waals surface area contributed by atoms with Crippen LogP contribution in [0.25, 0.3) is 5.69 Å². The third kappa shape index (κ3) is 2.11. The Hall–Kier alpha value is -1.61. The van der Waals surface area contributed by atoms with Gasteiger partial charge in [0.25, 0.3) is 0 Å². The highest BCUT2D eigenvalue weighted by atomic mass is 35.5. The van der Waals surface area contributed by atoms with Gasteiger partial charge in [-0.1, -0.05) is 23.7 Å². The van der Waals surface area contributed by atoms with Crippen molar-refractivity contribution in [3.63, 3.8) is 0 Å². The van der Waals surface area contributed by atoms with Crippen LogP contribution in [0.5, 0.6) is 0 Å². The molecule has 3 unspecified atom stereocenters. The minimum atomic E-state index is -0.742. The molecule has 1 aromatic heterocycles. The molecular formula is C13H11ClN4O3S. The molecule has 0 N–H and O–H groups in total. The summed E-state index contributed by atoms with van der Waals surface area (Å²) in [5.74, 6) is -0.104. The fraction of sp³-hybridized carbons (Fsp3) is 0.385. The summed E-state index contributed by atoms with van der Waals surface area (Å²) in [7, 11) is 0. The normalized spacial score (nSPS) is 27.3. The molecule has 0 radical (unpaired) electrons. The topological polar surface area (TPSA) is 71.2 Å². The van der Waals surface area contributed by atoms with Crippen LogP contribution in [0.3, 0.4) is 0 Å². The van der Waals surface area contributed by atoms with Crippen LogP contribution in [0.1, 0.15) is 12.5 Å². The highest BCUT2D eigenvalue weighted by Gasteiger charge is 2.45. The Bertz CT molecular complexity index is 805. The average Bonchev–Trinajstić information content (AvgIpc) is 3.10. The second-order valence-electron chi connectivity index (χ2n) is 5.15. The number of carbonyl (C=O) groups excluding carboxylic acids is 1. The van der Waals surface area contributed by atoms with Crippen molar-refractivity contribution in [3.05, 3.63) is 34.1 Å². The smallest absolute Gasteiger partial charge is 0.221 e. The SMILES string of the molecule is O=C1CC(n2nnn(-c3ccccc3Cl)c2=S)C2COC1O2. The Labute approximate surface area is 135 Å². The molecule has 0 saturated carbocycles. The average molecular weight is 339 g/mol. The Kier molecular flexibility index (Phi) is 3.33. The van der Waals surface area contributed by atoms with Gasteiger partial charge in [0.15, 0.2) is 5.78 Å². The molecule has 2 aromatic rings. The minimum absolute atomic E-state index is 0.104. The number of fused-ring (bicyclic) bond motifs is 2. The second kappa shape index (κ2) is 5.24. The zero-order valence-electron chi connectivity index (χ0n) is 11.3. The van der Waals surface area contributed by atoms with Crippen LogP contribution in [-0.4, -0.2) is 44.6 Å². The largest absolute Gasteiger partial charge is 0.343 e. The Morgan fingerprint density at radius 3 is 2.95 bits per heavy atom. The minimum Gasteiger partial charge on any atom is -0.343 e. The van der Waals surface area contributed by atoms with Crippen molar-refractivity contribution in [3.8, 4) is 5.69 Å². The van der Waals surface area contributed by atoms with Crippen molar-refractivity contribution < 1.29 is 14.3 Å². The van der Waals surface area contributed by atoms with E-state index in [0.717, 1.165) is 0 Å². The van der Waals surface area contributed by atoms with Gasteiger partial charge in [0.2, 0.25) is 11.1 Å². The summed E-state index contributed by atoms with van der Waals surface area (Å²) in [5.41, 5.74) is 0.643. The number of aromatic nitrogens is 4. The van der Waals surface area contributed by atoms with Crippen molar-refractivity contribution in [1.82, 2.24) is 19.8 Å². The van der Waals surface area contributed by atoms with Crippen LogP contribution in [0, 0.1) is 4.77 Å². The first-order valence-electron chi connectivity index (χ1n) is 6.74. The third-order valence-electron chi connectivity index (χ3n) is 3.81. The summed E-state index contributed by atoms with van der Waals surface area (Å²) in [6.07, 6.45) is -0.718. The van der Waals surface area contributed by atoms with Crippen molar-refractivity contribution in [1.29, 1.82) is 0 Å². The fourth-order valence-electron chi connectivity index (χ4n) is 2.71. The van der Waals surface area contributed by atoms with Gasteiger partial charge in [0, 0.05) is 6.42 Å². The molecule has 2 aliphatic heterocycles. The van der Waals surface area contributed by atoms with Crippen molar-refractivity contribution >= 4 is 29.6 Å². The molecule has 0 spiro atoms. The van der Waals surface area contributed by atoms with E-state index in [4.69, 9.17) is 33.3 Å². The monoisotopic (exact) mass is 338 g/mol. The van der Waals surface area contributed by atoms with Gasteiger partial charge >= 0.3 is 0 Å². The Balaban J connectivity index is 1.75. The van der Waals surface area contributed by atoms with Crippen LogP contribution in [-0.2, 0) is 14.3 Å². The van der Waals surface area contributed by atoms with Gasteiger partial charge in [-0.2, -0.15) is 4.68 Å². The number of hydrogen-bond acceptors (Lipinski definition) is 6. The molecule has 2 bridgehead atoms. The van der Waals surface area contributed by atoms with Gasteiger partial charge in [-0.15, -0.1) is 0 Å². The maximum atomic E-state index is 11.9. The number of para-hydroxylation sites is 1. The number of ether oxygens (including phenoxy) is 2. The summed E-state index contributed by atoms with van der Waals surface area (Å²) in [5, 5.41) is 8.67. The summed E-state index contributed by atoms with van der Waals surface area (Å²) in [6.45, 7) is 0.349. The quantitative estimate of drug-likeness (QED) is 0.776. The third-order valence-corrected chi connectivity index (χ3v) is 4.49. The summed E-state index contributed by atoms with van der Waals surface area (Å²) < 4.78 is 14.2.